The Hall–Kier alpha value is -1.69. The Kier molecular flexibility index (Phi) is 5.03. The molecule has 18 heavy (non-hydrogen) atoms. The van der Waals surface area contributed by atoms with Crippen molar-refractivity contribution < 1.29 is 13.6 Å². The number of carbonyl (C=O) groups excluding carboxylic acids is 1. The van der Waals surface area contributed by atoms with Gasteiger partial charge < -0.3 is 11.1 Å². The number of alkyl halides is 2. The SMILES string of the molecule is Cc1ccc(N)cc1NC(=O)CN(C)CC(F)F. The fourth-order valence-electron chi connectivity index (χ4n) is 1.51. The van der Waals surface area contributed by atoms with Crippen molar-refractivity contribution in [3.63, 3.8) is 0 Å². The molecule has 0 aliphatic rings. The molecule has 0 radical (unpaired) electrons. The summed E-state index contributed by atoms with van der Waals surface area (Å²) in [5, 5.41) is 2.65. The van der Waals surface area contributed by atoms with Crippen molar-refractivity contribution in [2.75, 3.05) is 31.2 Å². The van der Waals surface area contributed by atoms with Crippen molar-refractivity contribution in [2.45, 2.75) is 13.3 Å². The van der Waals surface area contributed by atoms with E-state index in [0.29, 0.717) is 11.4 Å². The molecule has 4 nitrogen and oxygen atoms in total. The minimum absolute atomic E-state index is 0.0847. The van der Waals surface area contributed by atoms with Crippen molar-refractivity contribution in [3.8, 4) is 0 Å². The smallest absolute Gasteiger partial charge is 0.251 e. The van der Waals surface area contributed by atoms with Gasteiger partial charge in [-0.3, -0.25) is 9.69 Å². The van der Waals surface area contributed by atoms with E-state index in [9.17, 15) is 13.6 Å². The summed E-state index contributed by atoms with van der Waals surface area (Å²) < 4.78 is 24.2. The number of anilines is 2. The van der Waals surface area contributed by atoms with E-state index in [1.165, 1.54) is 11.9 Å². The molecule has 0 fully saturated rings. The predicted molar refractivity (Wildman–Crippen MR) is 67.7 cm³/mol. The summed E-state index contributed by atoms with van der Waals surface area (Å²) in [5.41, 5.74) is 7.62. The summed E-state index contributed by atoms with van der Waals surface area (Å²) in [4.78, 5) is 12.9. The first-order chi connectivity index (χ1) is 8.38. The van der Waals surface area contributed by atoms with Gasteiger partial charge in [0.1, 0.15) is 0 Å². The van der Waals surface area contributed by atoms with Gasteiger partial charge in [-0.25, -0.2) is 8.78 Å². The van der Waals surface area contributed by atoms with Crippen molar-refractivity contribution >= 4 is 17.3 Å². The van der Waals surface area contributed by atoms with Gasteiger partial charge in [0.25, 0.3) is 6.43 Å². The maximum Gasteiger partial charge on any atom is 0.251 e. The molecule has 0 saturated heterocycles. The number of benzene rings is 1. The van der Waals surface area contributed by atoms with Crippen LogP contribution < -0.4 is 11.1 Å². The fourth-order valence-corrected chi connectivity index (χ4v) is 1.51. The van der Waals surface area contributed by atoms with E-state index in [1.54, 1.807) is 18.2 Å². The second-order valence-corrected chi connectivity index (χ2v) is 4.21. The van der Waals surface area contributed by atoms with E-state index in [-0.39, 0.29) is 12.5 Å². The Morgan fingerprint density at radius 2 is 2.17 bits per heavy atom. The molecule has 3 N–H and O–H groups in total. The highest BCUT2D eigenvalue weighted by molar-refractivity contribution is 5.93. The third kappa shape index (κ3) is 4.67. The average Bonchev–Trinajstić information content (AvgIpc) is 2.21. The molecule has 0 spiro atoms. The Morgan fingerprint density at radius 1 is 1.50 bits per heavy atom. The van der Waals surface area contributed by atoms with Gasteiger partial charge in [0.05, 0.1) is 13.1 Å². The number of halogens is 2. The van der Waals surface area contributed by atoms with Gasteiger partial charge in [0.2, 0.25) is 5.91 Å². The van der Waals surface area contributed by atoms with E-state index in [1.807, 2.05) is 6.92 Å². The van der Waals surface area contributed by atoms with Gasteiger partial charge in [0.15, 0.2) is 0 Å². The van der Waals surface area contributed by atoms with Crippen LogP contribution in [0.3, 0.4) is 0 Å². The summed E-state index contributed by atoms with van der Waals surface area (Å²) in [6.45, 7) is 1.32. The molecule has 1 aromatic carbocycles. The van der Waals surface area contributed by atoms with E-state index >= 15 is 0 Å². The number of likely N-dealkylation sites (N-methyl/N-ethyl adjacent to an activating group) is 1. The molecule has 1 aromatic rings. The first-order valence-electron chi connectivity index (χ1n) is 5.51. The van der Waals surface area contributed by atoms with E-state index in [0.717, 1.165) is 5.56 Å². The first kappa shape index (κ1) is 14.4. The lowest BCUT2D eigenvalue weighted by atomic mass is 10.2. The number of carbonyl (C=O) groups is 1. The Morgan fingerprint density at radius 3 is 2.78 bits per heavy atom. The Bertz CT molecular complexity index is 424. The van der Waals surface area contributed by atoms with Crippen LogP contribution >= 0.6 is 0 Å². The standard InChI is InChI=1S/C12H17F2N3O/c1-8-3-4-9(15)5-10(8)16-12(18)7-17(2)6-11(13)14/h3-5,11H,6-7,15H2,1-2H3,(H,16,18). The number of aryl methyl sites for hydroxylation is 1. The van der Waals surface area contributed by atoms with Gasteiger partial charge in [-0.05, 0) is 31.7 Å². The number of rotatable bonds is 5. The van der Waals surface area contributed by atoms with Crippen LogP contribution in [0.5, 0.6) is 0 Å². The lowest BCUT2D eigenvalue weighted by Gasteiger charge is -2.16. The third-order valence-corrected chi connectivity index (χ3v) is 2.40. The predicted octanol–water partition coefficient (Wildman–Crippen LogP) is 1.71. The van der Waals surface area contributed by atoms with Crippen LogP contribution in [-0.4, -0.2) is 37.4 Å². The van der Waals surface area contributed by atoms with Crippen molar-refractivity contribution in [1.29, 1.82) is 0 Å². The fraction of sp³-hybridized carbons (Fsp3) is 0.417. The van der Waals surface area contributed by atoms with Crippen molar-refractivity contribution in [2.24, 2.45) is 0 Å². The van der Waals surface area contributed by atoms with E-state index in [4.69, 9.17) is 5.73 Å². The second kappa shape index (κ2) is 6.30. The first-order valence-corrected chi connectivity index (χ1v) is 5.51. The molecule has 0 atom stereocenters. The molecule has 0 unspecified atom stereocenters. The number of nitrogens with two attached hydrogens (primary N) is 1. The Balaban J connectivity index is 2.56. The molecule has 0 heterocycles. The minimum atomic E-state index is -2.45. The number of hydrogen-bond acceptors (Lipinski definition) is 3. The molecule has 1 rings (SSSR count). The molecule has 0 saturated carbocycles. The van der Waals surface area contributed by atoms with Crippen LogP contribution in [-0.2, 0) is 4.79 Å². The zero-order valence-electron chi connectivity index (χ0n) is 10.4. The largest absolute Gasteiger partial charge is 0.399 e. The summed E-state index contributed by atoms with van der Waals surface area (Å²) in [6, 6.07) is 5.15. The summed E-state index contributed by atoms with van der Waals surface area (Å²) in [5.74, 6) is -0.341. The average molecular weight is 257 g/mol. The van der Waals surface area contributed by atoms with Gasteiger partial charge in [-0.15, -0.1) is 0 Å². The van der Waals surface area contributed by atoms with Crippen LogP contribution in [0.15, 0.2) is 18.2 Å². The van der Waals surface area contributed by atoms with Gasteiger partial charge in [0, 0.05) is 11.4 Å². The summed E-state index contributed by atoms with van der Waals surface area (Å²) >= 11 is 0. The molecule has 0 aliphatic heterocycles. The maximum absolute atomic E-state index is 12.1. The topological polar surface area (TPSA) is 58.4 Å². The van der Waals surface area contributed by atoms with Gasteiger partial charge in [-0.1, -0.05) is 6.07 Å². The normalized spacial score (nSPS) is 11.0. The highest BCUT2D eigenvalue weighted by atomic mass is 19.3. The molecular formula is C12H17F2N3O. The lowest BCUT2D eigenvalue weighted by molar-refractivity contribution is -0.117. The molecule has 0 aromatic heterocycles. The molecular weight excluding hydrogens is 240 g/mol. The zero-order valence-corrected chi connectivity index (χ0v) is 10.4. The van der Waals surface area contributed by atoms with Crippen LogP contribution in [0.1, 0.15) is 5.56 Å². The summed E-state index contributed by atoms with van der Waals surface area (Å²) in [6.07, 6.45) is -2.45. The number of nitrogens with zero attached hydrogens (tertiary/aromatic N) is 1. The minimum Gasteiger partial charge on any atom is -0.399 e. The number of nitrogens with one attached hydrogen (secondary N) is 1. The van der Waals surface area contributed by atoms with Crippen LogP contribution in [0.25, 0.3) is 0 Å². The Labute approximate surface area is 105 Å². The third-order valence-electron chi connectivity index (χ3n) is 2.40. The zero-order chi connectivity index (χ0) is 13.7. The highest BCUT2D eigenvalue weighted by Gasteiger charge is 2.12. The quantitative estimate of drug-likeness (QED) is 0.789. The molecule has 6 heteroatoms. The lowest BCUT2D eigenvalue weighted by Crippen LogP contribution is -2.33. The van der Waals surface area contributed by atoms with Crippen LogP contribution in [0.4, 0.5) is 20.2 Å². The molecule has 0 bridgehead atoms. The number of hydrogen-bond donors (Lipinski definition) is 2. The number of amides is 1. The van der Waals surface area contributed by atoms with Gasteiger partial charge >= 0.3 is 0 Å². The maximum atomic E-state index is 12.1. The van der Waals surface area contributed by atoms with Gasteiger partial charge in [-0.2, -0.15) is 0 Å². The van der Waals surface area contributed by atoms with E-state index < -0.39 is 13.0 Å². The second-order valence-electron chi connectivity index (χ2n) is 4.21. The monoisotopic (exact) mass is 257 g/mol. The van der Waals surface area contributed by atoms with Crippen LogP contribution in [0, 0.1) is 6.92 Å². The van der Waals surface area contributed by atoms with Crippen molar-refractivity contribution in [1.82, 2.24) is 4.90 Å². The summed E-state index contributed by atoms with van der Waals surface area (Å²) in [7, 11) is 1.47. The highest BCUT2D eigenvalue weighted by Crippen LogP contribution is 2.17. The molecule has 1 amide bonds. The van der Waals surface area contributed by atoms with Crippen LogP contribution in [0.2, 0.25) is 0 Å². The molecule has 100 valence electrons. The van der Waals surface area contributed by atoms with E-state index in [2.05, 4.69) is 5.32 Å². The number of nitrogen functional groups attached to an aromatic ring is 1. The van der Waals surface area contributed by atoms with Crippen molar-refractivity contribution in [3.05, 3.63) is 23.8 Å². The molecule has 0 aliphatic carbocycles.